The number of fused-ring (bicyclic) bond motifs is 1. The zero-order valence-corrected chi connectivity index (χ0v) is 12.7. The lowest BCUT2D eigenvalue weighted by molar-refractivity contribution is 0.0849. The minimum Gasteiger partial charge on any atom is -0.486 e. The van der Waals surface area contributed by atoms with Crippen LogP contribution >= 0.6 is 0 Å². The van der Waals surface area contributed by atoms with Gasteiger partial charge in [0, 0.05) is 11.4 Å². The molecule has 110 valence electrons. The fraction of sp³-hybridized carbons (Fsp3) is 0.412. The van der Waals surface area contributed by atoms with E-state index in [1.807, 2.05) is 38.1 Å². The standard InChI is InChI=1S/C17H20N2O2/c1-11-12(2)18-13(3)19-15(11)9-8-14-10-20-16-6-4-5-7-17(16)21-14/h4-7,14H,8-10H2,1-3H3/t14-/m1/s1. The summed E-state index contributed by atoms with van der Waals surface area (Å²) in [6.07, 6.45) is 1.85. The molecule has 2 heterocycles. The summed E-state index contributed by atoms with van der Waals surface area (Å²) in [5.41, 5.74) is 3.35. The normalized spacial score (nSPS) is 16.8. The molecule has 0 saturated carbocycles. The van der Waals surface area contributed by atoms with Gasteiger partial charge in [-0.05, 0) is 51.3 Å². The van der Waals surface area contributed by atoms with Crippen molar-refractivity contribution < 1.29 is 9.47 Å². The minimum atomic E-state index is 0.0786. The van der Waals surface area contributed by atoms with E-state index in [0.29, 0.717) is 6.61 Å². The molecular weight excluding hydrogens is 264 g/mol. The second kappa shape index (κ2) is 5.72. The van der Waals surface area contributed by atoms with Crippen LogP contribution in [0.4, 0.5) is 0 Å². The molecule has 0 aliphatic carbocycles. The molecule has 1 aliphatic heterocycles. The molecule has 0 radical (unpaired) electrons. The van der Waals surface area contributed by atoms with Crippen molar-refractivity contribution in [1.82, 2.24) is 9.97 Å². The van der Waals surface area contributed by atoms with E-state index in [2.05, 4.69) is 16.9 Å². The average molecular weight is 284 g/mol. The summed E-state index contributed by atoms with van der Waals surface area (Å²) < 4.78 is 11.7. The maximum atomic E-state index is 5.99. The van der Waals surface area contributed by atoms with Gasteiger partial charge in [-0.15, -0.1) is 0 Å². The van der Waals surface area contributed by atoms with Crippen LogP contribution in [0.3, 0.4) is 0 Å². The van der Waals surface area contributed by atoms with E-state index in [4.69, 9.17) is 9.47 Å². The van der Waals surface area contributed by atoms with Gasteiger partial charge in [0.15, 0.2) is 11.5 Å². The van der Waals surface area contributed by atoms with Gasteiger partial charge in [-0.2, -0.15) is 0 Å². The van der Waals surface area contributed by atoms with Crippen molar-refractivity contribution in [3.63, 3.8) is 0 Å². The molecular formula is C17H20N2O2. The number of aromatic nitrogens is 2. The van der Waals surface area contributed by atoms with Crippen LogP contribution in [0.1, 0.15) is 29.2 Å². The molecule has 1 aliphatic rings. The third-order valence-corrected chi connectivity index (χ3v) is 3.87. The minimum absolute atomic E-state index is 0.0786. The molecule has 3 rings (SSSR count). The van der Waals surface area contributed by atoms with E-state index in [-0.39, 0.29) is 6.10 Å². The van der Waals surface area contributed by atoms with E-state index in [0.717, 1.165) is 41.6 Å². The first-order valence-corrected chi connectivity index (χ1v) is 7.32. The van der Waals surface area contributed by atoms with Gasteiger partial charge < -0.3 is 9.47 Å². The largest absolute Gasteiger partial charge is 0.486 e. The molecule has 2 aromatic rings. The molecule has 1 aromatic carbocycles. The summed E-state index contributed by atoms with van der Waals surface area (Å²) in [5.74, 6) is 2.50. The first-order valence-electron chi connectivity index (χ1n) is 7.32. The lowest BCUT2D eigenvalue weighted by Crippen LogP contribution is -2.29. The zero-order chi connectivity index (χ0) is 14.8. The Morgan fingerprint density at radius 3 is 2.67 bits per heavy atom. The number of rotatable bonds is 3. The highest BCUT2D eigenvalue weighted by Gasteiger charge is 2.21. The van der Waals surface area contributed by atoms with Crippen LogP contribution in [0.5, 0.6) is 11.5 Å². The number of nitrogens with zero attached hydrogens (tertiary/aromatic N) is 2. The summed E-state index contributed by atoms with van der Waals surface area (Å²) in [7, 11) is 0. The van der Waals surface area contributed by atoms with Gasteiger partial charge in [0.05, 0.1) is 0 Å². The third-order valence-electron chi connectivity index (χ3n) is 3.87. The fourth-order valence-corrected chi connectivity index (χ4v) is 2.59. The van der Waals surface area contributed by atoms with Crippen molar-refractivity contribution >= 4 is 0 Å². The summed E-state index contributed by atoms with van der Waals surface area (Å²) in [5, 5.41) is 0. The van der Waals surface area contributed by atoms with Gasteiger partial charge in [-0.1, -0.05) is 12.1 Å². The SMILES string of the molecule is Cc1nc(C)c(C)c(CC[C@@H]2COc3ccccc3O2)n1. The molecule has 21 heavy (non-hydrogen) atoms. The van der Waals surface area contributed by atoms with Crippen LogP contribution in [0.15, 0.2) is 24.3 Å². The van der Waals surface area contributed by atoms with Crippen LogP contribution < -0.4 is 9.47 Å². The Morgan fingerprint density at radius 2 is 1.86 bits per heavy atom. The number of ether oxygens (including phenoxy) is 2. The molecule has 1 atom stereocenters. The van der Waals surface area contributed by atoms with Crippen LogP contribution in [0.2, 0.25) is 0 Å². The molecule has 0 unspecified atom stereocenters. The summed E-state index contributed by atoms with van der Waals surface area (Å²) in [6, 6.07) is 7.81. The molecule has 4 nitrogen and oxygen atoms in total. The average Bonchev–Trinajstić information content (AvgIpc) is 2.49. The number of benzene rings is 1. The van der Waals surface area contributed by atoms with Gasteiger partial charge in [-0.3, -0.25) is 0 Å². The van der Waals surface area contributed by atoms with Crippen molar-refractivity contribution in [2.45, 2.75) is 39.7 Å². The predicted molar refractivity (Wildman–Crippen MR) is 80.9 cm³/mol. The Balaban J connectivity index is 1.67. The van der Waals surface area contributed by atoms with Gasteiger partial charge in [0.2, 0.25) is 0 Å². The fourth-order valence-electron chi connectivity index (χ4n) is 2.59. The second-order valence-corrected chi connectivity index (χ2v) is 5.46. The first kappa shape index (κ1) is 13.9. The Bertz CT molecular complexity index is 655. The van der Waals surface area contributed by atoms with Gasteiger partial charge in [0.25, 0.3) is 0 Å². The lowest BCUT2D eigenvalue weighted by Gasteiger charge is -2.26. The van der Waals surface area contributed by atoms with Crippen LogP contribution in [-0.4, -0.2) is 22.7 Å². The van der Waals surface area contributed by atoms with E-state index in [1.54, 1.807) is 0 Å². The molecule has 0 bridgehead atoms. The molecule has 0 saturated heterocycles. The number of aryl methyl sites for hydroxylation is 3. The second-order valence-electron chi connectivity index (χ2n) is 5.46. The van der Waals surface area contributed by atoms with Crippen molar-refractivity contribution in [3.8, 4) is 11.5 Å². The Morgan fingerprint density at radius 1 is 1.10 bits per heavy atom. The number of para-hydroxylation sites is 2. The molecule has 0 amide bonds. The van der Waals surface area contributed by atoms with Gasteiger partial charge in [0.1, 0.15) is 18.5 Å². The van der Waals surface area contributed by atoms with Crippen LogP contribution in [0, 0.1) is 20.8 Å². The smallest absolute Gasteiger partial charge is 0.161 e. The maximum absolute atomic E-state index is 5.99. The van der Waals surface area contributed by atoms with E-state index < -0.39 is 0 Å². The summed E-state index contributed by atoms with van der Waals surface area (Å²) in [4.78, 5) is 8.95. The summed E-state index contributed by atoms with van der Waals surface area (Å²) in [6.45, 7) is 6.65. The maximum Gasteiger partial charge on any atom is 0.161 e. The molecule has 4 heteroatoms. The molecule has 1 aromatic heterocycles. The predicted octanol–water partition coefficient (Wildman–Crippen LogP) is 3.17. The number of hydrogen-bond donors (Lipinski definition) is 0. The Hall–Kier alpha value is -2.10. The monoisotopic (exact) mass is 284 g/mol. The van der Waals surface area contributed by atoms with Crippen molar-refractivity contribution in [2.75, 3.05) is 6.61 Å². The first-order chi connectivity index (χ1) is 10.1. The zero-order valence-electron chi connectivity index (χ0n) is 12.7. The highest BCUT2D eigenvalue weighted by atomic mass is 16.6. The van der Waals surface area contributed by atoms with E-state index in [1.165, 1.54) is 5.56 Å². The molecule has 0 fully saturated rings. The number of hydrogen-bond acceptors (Lipinski definition) is 4. The van der Waals surface area contributed by atoms with Crippen molar-refractivity contribution in [3.05, 3.63) is 47.0 Å². The quantitative estimate of drug-likeness (QED) is 0.868. The van der Waals surface area contributed by atoms with Gasteiger partial charge in [-0.25, -0.2) is 9.97 Å². The van der Waals surface area contributed by atoms with Crippen molar-refractivity contribution in [1.29, 1.82) is 0 Å². The highest BCUT2D eigenvalue weighted by Crippen LogP contribution is 2.31. The van der Waals surface area contributed by atoms with Gasteiger partial charge >= 0.3 is 0 Å². The van der Waals surface area contributed by atoms with E-state index >= 15 is 0 Å². The lowest BCUT2D eigenvalue weighted by atomic mass is 10.1. The Kier molecular flexibility index (Phi) is 3.78. The summed E-state index contributed by atoms with van der Waals surface area (Å²) >= 11 is 0. The molecule has 0 spiro atoms. The van der Waals surface area contributed by atoms with Crippen LogP contribution in [0.25, 0.3) is 0 Å². The third kappa shape index (κ3) is 2.99. The topological polar surface area (TPSA) is 44.2 Å². The molecule has 0 N–H and O–H groups in total. The van der Waals surface area contributed by atoms with Crippen LogP contribution in [-0.2, 0) is 6.42 Å². The Labute approximate surface area is 125 Å². The van der Waals surface area contributed by atoms with Crippen molar-refractivity contribution in [2.24, 2.45) is 0 Å². The highest BCUT2D eigenvalue weighted by molar-refractivity contribution is 5.40. The van der Waals surface area contributed by atoms with E-state index in [9.17, 15) is 0 Å².